The van der Waals surface area contributed by atoms with Crippen molar-refractivity contribution >= 4 is 50.6 Å². The molecule has 4 rings (SSSR count). The molecule has 0 aliphatic carbocycles. The first-order valence-electron chi connectivity index (χ1n) is 8.51. The molecule has 0 saturated heterocycles. The van der Waals surface area contributed by atoms with Gasteiger partial charge in [-0.25, -0.2) is 9.97 Å². The first-order valence-corrected chi connectivity index (χ1v) is 11.2. The summed E-state index contributed by atoms with van der Waals surface area (Å²) < 4.78 is 6.74. The van der Waals surface area contributed by atoms with Gasteiger partial charge in [-0.2, -0.15) is 0 Å². The fourth-order valence-electron chi connectivity index (χ4n) is 2.52. The number of nitrogens with zero attached hydrogens (tertiary/aromatic N) is 5. The second-order valence-corrected chi connectivity index (χ2v) is 9.21. The topological polar surface area (TPSA) is 85.0 Å². The first kappa shape index (κ1) is 19.0. The first-order chi connectivity index (χ1) is 13.6. The van der Waals surface area contributed by atoms with Crippen molar-refractivity contribution in [3.63, 3.8) is 0 Å². The monoisotopic (exact) mass is 431 g/mol. The van der Waals surface area contributed by atoms with E-state index in [1.165, 1.54) is 11.8 Å². The molecule has 0 spiro atoms. The van der Waals surface area contributed by atoms with Crippen LogP contribution in [-0.4, -0.2) is 43.8 Å². The van der Waals surface area contributed by atoms with Crippen molar-refractivity contribution in [2.45, 2.75) is 25.1 Å². The molecule has 10 heteroatoms. The third-order valence-corrected chi connectivity index (χ3v) is 6.55. The number of amides is 1. The fourth-order valence-corrected chi connectivity index (χ4v) is 4.88. The molecule has 1 amide bonds. The van der Waals surface area contributed by atoms with Crippen LogP contribution in [0.15, 0.2) is 39.3 Å². The van der Waals surface area contributed by atoms with Gasteiger partial charge in [-0.3, -0.25) is 4.79 Å². The number of thioether (sulfide) groups is 1. The zero-order chi connectivity index (χ0) is 19.5. The third kappa shape index (κ3) is 4.57. The highest BCUT2D eigenvalue weighted by Gasteiger charge is 2.15. The van der Waals surface area contributed by atoms with Crippen LogP contribution in [0.2, 0.25) is 0 Å². The Hall–Kier alpha value is -2.30. The lowest BCUT2D eigenvalue weighted by molar-refractivity contribution is -0.127. The van der Waals surface area contributed by atoms with E-state index in [0.717, 1.165) is 25.9 Å². The number of carbonyl (C=O) groups is 1. The van der Waals surface area contributed by atoms with Gasteiger partial charge in [0, 0.05) is 12.4 Å². The van der Waals surface area contributed by atoms with Crippen LogP contribution in [0.5, 0.6) is 0 Å². The minimum atomic E-state index is -0.0147. The van der Waals surface area contributed by atoms with Crippen molar-refractivity contribution in [2.75, 3.05) is 12.8 Å². The van der Waals surface area contributed by atoms with Gasteiger partial charge in [0.2, 0.25) is 11.8 Å². The summed E-state index contributed by atoms with van der Waals surface area (Å²) >= 11 is 4.44. The minimum Gasteiger partial charge on any atom is -0.416 e. The summed E-state index contributed by atoms with van der Waals surface area (Å²) in [6, 6.07) is 7.97. The number of aromatic nitrogens is 4. The Morgan fingerprint density at radius 2 is 2.11 bits per heavy atom. The molecule has 1 aromatic carbocycles. The standard InChI is InChI=1S/C18H17N5O2S3/c1-11-19-12(9-26-11)7-15-21-22-18(25-15)27-10-17(24)23(2)8-16-20-13-5-3-4-6-14(13)28-16/h3-6,9H,7-8,10H2,1-2H3. The Bertz CT molecular complexity index is 1070. The Kier molecular flexibility index (Phi) is 5.69. The Balaban J connectivity index is 1.30. The van der Waals surface area contributed by atoms with Crippen molar-refractivity contribution < 1.29 is 9.21 Å². The average molecular weight is 432 g/mol. The maximum Gasteiger partial charge on any atom is 0.277 e. The maximum atomic E-state index is 12.4. The van der Waals surface area contributed by atoms with E-state index in [-0.39, 0.29) is 11.7 Å². The van der Waals surface area contributed by atoms with Gasteiger partial charge >= 0.3 is 0 Å². The van der Waals surface area contributed by atoms with Gasteiger partial charge < -0.3 is 9.32 Å². The predicted molar refractivity (Wildman–Crippen MR) is 111 cm³/mol. The van der Waals surface area contributed by atoms with Gasteiger partial charge in [0.15, 0.2) is 0 Å². The van der Waals surface area contributed by atoms with E-state index in [1.54, 1.807) is 34.6 Å². The molecule has 3 heterocycles. The number of para-hydroxylation sites is 1. The van der Waals surface area contributed by atoms with Gasteiger partial charge in [0.25, 0.3) is 5.22 Å². The van der Waals surface area contributed by atoms with E-state index >= 15 is 0 Å². The predicted octanol–water partition coefficient (Wildman–Crippen LogP) is 3.79. The lowest BCUT2D eigenvalue weighted by atomic mass is 10.3. The number of benzene rings is 1. The molecule has 0 unspecified atom stereocenters. The zero-order valence-electron chi connectivity index (χ0n) is 15.3. The number of rotatable bonds is 7. The number of carbonyl (C=O) groups excluding carboxylic acids is 1. The Labute approximate surface area is 173 Å². The van der Waals surface area contributed by atoms with Crippen LogP contribution in [0.3, 0.4) is 0 Å². The molecule has 4 aromatic rings. The van der Waals surface area contributed by atoms with E-state index in [9.17, 15) is 4.79 Å². The van der Waals surface area contributed by atoms with Gasteiger partial charge in [0.1, 0.15) is 5.01 Å². The fraction of sp³-hybridized carbons (Fsp3) is 0.278. The Morgan fingerprint density at radius 1 is 1.25 bits per heavy atom. The minimum absolute atomic E-state index is 0.0147. The molecule has 0 saturated carbocycles. The average Bonchev–Trinajstić information content (AvgIpc) is 3.39. The van der Waals surface area contributed by atoms with Crippen LogP contribution >= 0.6 is 34.4 Å². The summed E-state index contributed by atoms with van der Waals surface area (Å²) in [5.74, 6) is 0.723. The van der Waals surface area contributed by atoms with Crippen LogP contribution in [0.1, 0.15) is 21.6 Å². The second kappa shape index (κ2) is 8.38. The maximum absolute atomic E-state index is 12.4. The number of hydrogen-bond acceptors (Lipinski definition) is 9. The molecular weight excluding hydrogens is 414 g/mol. The van der Waals surface area contributed by atoms with Crippen molar-refractivity contribution in [1.29, 1.82) is 0 Å². The van der Waals surface area contributed by atoms with Gasteiger partial charge in [-0.1, -0.05) is 23.9 Å². The zero-order valence-corrected chi connectivity index (χ0v) is 17.7. The van der Waals surface area contributed by atoms with E-state index in [0.29, 0.717) is 24.1 Å². The molecule has 3 aromatic heterocycles. The number of thiazole rings is 2. The number of hydrogen-bond donors (Lipinski definition) is 0. The summed E-state index contributed by atoms with van der Waals surface area (Å²) in [6.07, 6.45) is 0.503. The largest absolute Gasteiger partial charge is 0.416 e. The summed E-state index contributed by atoms with van der Waals surface area (Å²) in [7, 11) is 1.78. The van der Waals surface area contributed by atoms with Crippen LogP contribution in [0.25, 0.3) is 10.2 Å². The lowest BCUT2D eigenvalue weighted by Crippen LogP contribution is -2.27. The van der Waals surface area contributed by atoms with Gasteiger partial charge in [-0.15, -0.1) is 32.9 Å². The molecule has 144 valence electrons. The van der Waals surface area contributed by atoms with E-state index in [2.05, 4.69) is 20.2 Å². The lowest BCUT2D eigenvalue weighted by Gasteiger charge is -2.14. The number of aryl methyl sites for hydroxylation is 1. The SMILES string of the molecule is Cc1nc(Cc2nnc(SCC(=O)N(C)Cc3nc4ccccc4s3)o2)cs1. The molecule has 0 bridgehead atoms. The molecule has 0 radical (unpaired) electrons. The van der Waals surface area contributed by atoms with Crippen LogP contribution in [-0.2, 0) is 17.8 Å². The van der Waals surface area contributed by atoms with E-state index in [1.807, 2.05) is 36.6 Å². The molecule has 0 aliphatic heterocycles. The highest BCUT2D eigenvalue weighted by Crippen LogP contribution is 2.23. The highest BCUT2D eigenvalue weighted by molar-refractivity contribution is 7.99. The molecule has 0 aliphatic rings. The van der Waals surface area contributed by atoms with E-state index in [4.69, 9.17) is 4.42 Å². The molecule has 0 N–H and O–H groups in total. The normalized spacial score (nSPS) is 11.2. The van der Waals surface area contributed by atoms with Gasteiger partial charge in [0.05, 0.1) is 39.6 Å². The Morgan fingerprint density at radius 3 is 2.89 bits per heavy atom. The molecule has 0 fully saturated rings. The van der Waals surface area contributed by atoms with Crippen molar-refractivity contribution in [1.82, 2.24) is 25.1 Å². The highest BCUT2D eigenvalue weighted by atomic mass is 32.2. The van der Waals surface area contributed by atoms with Crippen LogP contribution in [0, 0.1) is 6.92 Å². The molecule has 7 nitrogen and oxygen atoms in total. The van der Waals surface area contributed by atoms with Crippen molar-refractivity contribution in [2.24, 2.45) is 0 Å². The number of fused-ring (bicyclic) bond motifs is 1. The van der Waals surface area contributed by atoms with Crippen LogP contribution in [0.4, 0.5) is 0 Å². The molecule has 28 heavy (non-hydrogen) atoms. The van der Waals surface area contributed by atoms with Gasteiger partial charge in [-0.05, 0) is 19.1 Å². The van der Waals surface area contributed by atoms with Crippen LogP contribution < -0.4 is 0 Å². The third-order valence-electron chi connectivity index (χ3n) is 3.90. The summed E-state index contributed by atoms with van der Waals surface area (Å²) in [5.41, 5.74) is 1.88. The van der Waals surface area contributed by atoms with Crippen molar-refractivity contribution in [3.8, 4) is 0 Å². The molecular formula is C18H17N5O2S3. The summed E-state index contributed by atoms with van der Waals surface area (Å²) in [5, 5.41) is 12.3. The molecule has 0 atom stereocenters. The van der Waals surface area contributed by atoms with Crippen molar-refractivity contribution in [3.05, 3.63) is 51.2 Å². The smallest absolute Gasteiger partial charge is 0.277 e. The van der Waals surface area contributed by atoms with E-state index < -0.39 is 0 Å². The summed E-state index contributed by atoms with van der Waals surface area (Å²) in [4.78, 5) is 23.0. The second-order valence-electron chi connectivity index (χ2n) is 6.11. The summed E-state index contributed by atoms with van der Waals surface area (Å²) in [6.45, 7) is 2.44. The quantitative estimate of drug-likeness (QED) is 0.412.